The lowest BCUT2D eigenvalue weighted by Crippen LogP contribution is -2.50. The van der Waals surface area contributed by atoms with Crippen molar-refractivity contribution in [2.24, 2.45) is 0 Å². The lowest BCUT2D eigenvalue weighted by molar-refractivity contribution is 0.0697. The summed E-state index contributed by atoms with van der Waals surface area (Å²) in [5.74, 6) is 0.569. The SMILES string of the molecule is COc1ccc(C(=O)N2CCN(S(=O)(=O)c3ccc4c(c3)sc(=O)n4C(C)C)CC2)c(C)c1. The Morgan fingerprint density at radius 1 is 1.06 bits per heavy atom. The summed E-state index contributed by atoms with van der Waals surface area (Å²) in [6.45, 7) is 6.74. The standard InChI is InChI=1S/C23H27N3O5S2/c1-15(2)26-20-8-6-18(14-21(20)32-23(26)28)33(29,30)25-11-9-24(10-12-25)22(27)19-7-5-17(31-4)13-16(19)3/h5-8,13-15H,9-12H2,1-4H3. The van der Waals surface area contributed by atoms with Crippen molar-refractivity contribution in [2.75, 3.05) is 33.3 Å². The van der Waals surface area contributed by atoms with Gasteiger partial charge in [0.1, 0.15) is 5.75 Å². The quantitative estimate of drug-likeness (QED) is 0.550. The number of thiazole rings is 1. The minimum atomic E-state index is -3.73. The second-order valence-corrected chi connectivity index (χ2v) is 11.3. The number of hydrogen-bond acceptors (Lipinski definition) is 6. The van der Waals surface area contributed by atoms with Crippen molar-refractivity contribution in [3.63, 3.8) is 0 Å². The second kappa shape index (κ2) is 8.92. The van der Waals surface area contributed by atoms with E-state index in [9.17, 15) is 18.0 Å². The van der Waals surface area contributed by atoms with Gasteiger partial charge in [0, 0.05) is 37.8 Å². The lowest BCUT2D eigenvalue weighted by atomic mass is 10.1. The Bertz CT molecular complexity index is 1370. The molecule has 0 spiro atoms. The first-order chi connectivity index (χ1) is 15.6. The van der Waals surface area contributed by atoms with Gasteiger partial charge in [-0.25, -0.2) is 8.42 Å². The number of ether oxygens (including phenoxy) is 1. The first-order valence-electron chi connectivity index (χ1n) is 10.7. The van der Waals surface area contributed by atoms with Crippen LogP contribution in [0.5, 0.6) is 5.75 Å². The molecule has 2 heterocycles. The number of sulfonamides is 1. The fraction of sp³-hybridized carbons (Fsp3) is 0.391. The summed E-state index contributed by atoms with van der Waals surface area (Å²) in [5, 5.41) is 0. The summed E-state index contributed by atoms with van der Waals surface area (Å²) >= 11 is 1.05. The zero-order valence-corrected chi connectivity index (χ0v) is 20.7. The zero-order chi connectivity index (χ0) is 23.9. The Hall–Kier alpha value is -2.69. The third-order valence-corrected chi connectivity index (χ3v) is 8.74. The van der Waals surface area contributed by atoms with Gasteiger partial charge < -0.3 is 9.64 Å². The van der Waals surface area contributed by atoms with Crippen LogP contribution < -0.4 is 9.61 Å². The second-order valence-electron chi connectivity index (χ2n) is 8.34. The summed E-state index contributed by atoms with van der Waals surface area (Å²) < 4.78 is 35.4. The summed E-state index contributed by atoms with van der Waals surface area (Å²) in [6, 6.07) is 10.1. The van der Waals surface area contributed by atoms with Crippen LogP contribution in [-0.4, -0.2) is 61.4 Å². The third kappa shape index (κ3) is 4.30. The van der Waals surface area contributed by atoms with E-state index in [-0.39, 0.29) is 34.8 Å². The van der Waals surface area contributed by atoms with Crippen LogP contribution in [0.1, 0.15) is 35.8 Å². The number of carbonyl (C=O) groups excluding carboxylic acids is 1. The lowest BCUT2D eigenvalue weighted by Gasteiger charge is -2.34. The van der Waals surface area contributed by atoms with Crippen LogP contribution in [0.4, 0.5) is 0 Å². The van der Waals surface area contributed by atoms with Gasteiger partial charge in [-0.2, -0.15) is 4.31 Å². The van der Waals surface area contributed by atoms with Crippen molar-refractivity contribution in [2.45, 2.75) is 31.7 Å². The van der Waals surface area contributed by atoms with E-state index in [1.807, 2.05) is 26.8 Å². The first kappa shape index (κ1) is 23.5. The van der Waals surface area contributed by atoms with E-state index in [1.54, 1.807) is 46.9 Å². The van der Waals surface area contributed by atoms with Crippen molar-refractivity contribution in [3.8, 4) is 5.75 Å². The molecule has 1 amide bonds. The molecular weight excluding hydrogens is 462 g/mol. The molecule has 1 saturated heterocycles. The van der Waals surface area contributed by atoms with Gasteiger partial charge in [-0.1, -0.05) is 11.3 Å². The van der Waals surface area contributed by atoms with Crippen molar-refractivity contribution in [3.05, 3.63) is 57.2 Å². The van der Waals surface area contributed by atoms with Crippen LogP contribution in [0.3, 0.4) is 0 Å². The van der Waals surface area contributed by atoms with Crippen LogP contribution in [0.25, 0.3) is 10.2 Å². The number of aromatic nitrogens is 1. The van der Waals surface area contributed by atoms with E-state index < -0.39 is 10.0 Å². The van der Waals surface area contributed by atoms with Gasteiger partial charge in [0.25, 0.3) is 5.91 Å². The Morgan fingerprint density at radius 3 is 2.36 bits per heavy atom. The number of rotatable bonds is 5. The molecule has 0 saturated carbocycles. The molecule has 1 aliphatic rings. The number of fused-ring (bicyclic) bond motifs is 1. The molecule has 1 aliphatic heterocycles. The molecule has 1 fully saturated rings. The van der Waals surface area contributed by atoms with Crippen molar-refractivity contribution in [1.82, 2.24) is 13.8 Å². The molecule has 0 bridgehead atoms. The van der Waals surface area contributed by atoms with Crippen molar-refractivity contribution < 1.29 is 17.9 Å². The molecule has 0 unspecified atom stereocenters. The molecule has 1 aromatic heterocycles. The van der Waals surface area contributed by atoms with Crippen LogP contribution in [0, 0.1) is 6.92 Å². The van der Waals surface area contributed by atoms with Gasteiger partial charge in [-0.3, -0.25) is 14.2 Å². The van der Waals surface area contributed by atoms with Gasteiger partial charge in [0.05, 0.1) is 22.2 Å². The summed E-state index contributed by atoms with van der Waals surface area (Å²) in [5.41, 5.74) is 2.14. The van der Waals surface area contributed by atoms with Crippen molar-refractivity contribution in [1.29, 1.82) is 0 Å². The van der Waals surface area contributed by atoms with Gasteiger partial charge in [0.15, 0.2) is 0 Å². The van der Waals surface area contributed by atoms with E-state index in [1.165, 1.54) is 4.31 Å². The van der Waals surface area contributed by atoms with E-state index in [2.05, 4.69) is 0 Å². The Labute approximate surface area is 197 Å². The summed E-state index contributed by atoms with van der Waals surface area (Å²) in [6.07, 6.45) is 0. The topological polar surface area (TPSA) is 88.9 Å². The molecule has 0 aliphatic carbocycles. The fourth-order valence-corrected chi connectivity index (χ4v) is 6.70. The predicted octanol–water partition coefficient (Wildman–Crippen LogP) is 3.11. The molecule has 10 heteroatoms. The smallest absolute Gasteiger partial charge is 0.308 e. The molecule has 33 heavy (non-hydrogen) atoms. The first-order valence-corrected chi connectivity index (χ1v) is 13.0. The molecule has 0 N–H and O–H groups in total. The number of carbonyl (C=O) groups is 1. The van der Waals surface area contributed by atoms with E-state index in [4.69, 9.17) is 4.74 Å². The van der Waals surface area contributed by atoms with Gasteiger partial charge >= 0.3 is 4.87 Å². The van der Waals surface area contributed by atoms with Crippen LogP contribution in [0.15, 0.2) is 46.1 Å². The average Bonchev–Trinajstić information content (AvgIpc) is 3.13. The number of amides is 1. The third-order valence-electron chi connectivity index (χ3n) is 5.93. The molecule has 8 nitrogen and oxygen atoms in total. The number of nitrogens with zero attached hydrogens (tertiary/aromatic N) is 3. The molecule has 4 rings (SSSR count). The van der Waals surface area contributed by atoms with Gasteiger partial charge in [-0.15, -0.1) is 0 Å². The summed E-state index contributed by atoms with van der Waals surface area (Å²) in [4.78, 5) is 27.0. The molecule has 2 aromatic carbocycles. The number of aryl methyl sites for hydroxylation is 1. The highest BCUT2D eigenvalue weighted by molar-refractivity contribution is 7.89. The molecule has 176 valence electrons. The fourth-order valence-electron chi connectivity index (χ4n) is 4.12. The Morgan fingerprint density at radius 2 is 1.76 bits per heavy atom. The van der Waals surface area contributed by atoms with E-state index >= 15 is 0 Å². The largest absolute Gasteiger partial charge is 0.497 e. The highest BCUT2D eigenvalue weighted by Gasteiger charge is 2.31. The number of piperazine rings is 1. The summed E-state index contributed by atoms with van der Waals surface area (Å²) in [7, 11) is -2.16. The maximum atomic E-state index is 13.3. The molecular formula is C23H27N3O5S2. The normalized spacial score (nSPS) is 15.4. The Balaban J connectivity index is 1.51. The highest BCUT2D eigenvalue weighted by atomic mass is 32.2. The molecule has 3 aromatic rings. The van der Waals surface area contributed by atoms with Crippen molar-refractivity contribution >= 4 is 37.5 Å². The van der Waals surface area contributed by atoms with Crippen LogP contribution in [0.2, 0.25) is 0 Å². The van der Waals surface area contributed by atoms with E-state index in [0.29, 0.717) is 29.1 Å². The average molecular weight is 490 g/mol. The minimum Gasteiger partial charge on any atom is -0.497 e. The maximum Gasteiger partial charge on any atom is 0.308 e. The maximum absolute atomic E-state index is 13.3. The minimum absolute atomic E-state index is 0.00587. The molecule has 0 radical (unpaired) electrons. The van der Waals surface area contributed by atoms with Gasteiger partial charge in [0.2, 0.25) is 10.0 Å². The van der Waals surface area contributed by atoms with Crippen LogP contribution >= 0.6 is 11.3 Å². The van der Waals surface area contributed by atoms with Gasteiger partial charge in [-0.05, 0) is 62.7 Å². The number of benzene rings is 2. The zero-order valence-electron chi connectivity index (χ0n) is 19.1. The van der Waals surface area contributed by atoms with E-state index in [0.717, 1.165) is 22.4 Å². The molecule has 0 atom stereocenters. The van der Waals surface area contributed by atoms with Crippen LogP contribution in [-0.2, 0) is 10.0 Å². The highest BCUT2D eigenvalue weighted by Crippen LogP contribution is 2.27. The number of methoxy groups -OCH3 is 1. The number of hydrogen-bond donors (Lipinski definition) is 0. The monoisotopic (exact) mass is 489 g/mol. The predicted molar refractivity (Wildman–Crippen MR) is 129 cm³/mol. The Kier molecular flexibility index (Phi) is 6.35.